The summed E-state index contributed by atoms with van der Waals surface area (Å²) in [5.41, 5.74) is 5.77. The molecule has 3 nitrogen and oxygen atoms in total. The molecule has 0 saturated carbocycles. The van der Waals surface area contributed by atoms with Gasteiger partial charge in [0.1, 0.15) is 11.6 Å². The average Bonchev–Trinajstić information content (AvgIpc) is 2.18. The number of rotatable bonds is 3. The van der Waals surface area contributed by atoms with Crippen LogP contribution in [0.2, 0.25) is 0 Å². The lowest BCUT2D eigenvalue weighted by molar-refractivity contribution is -0.158. The summed E-state index contributed by atoms with van der Waals surface area (Å²) >= 11 is 0. The van der Waals surface area contributed by atoms with Crippen LogP contribution in [0.5, 0.6) is 0 Å². The van der Waals surface area contributed by atoms with Crippen molar-refractivity contribution in [1.29, 1.82) is 0 Å². The van der Waals surface area contributed by atoms with Gasteiger partial charge in [0.05, 0.1) is 0 Å². The van der Waals surface area contributed by atoms with Crippen molar-refractivity contribution in [3.63, 3.8) is 0 Å². The zero-order valence-corrected chi connectivity index (χ0v) is 9.36. The molecule has 1 aromatic carbocycles. The summed E-state index contributed by atoms with van der Waals surface area (Å²) in [7, 11) is 0. The molecule has 82 valence electrons. The number of esters is 1. The average molecular weight is 207 g/mol. The monoisotopic (exact) mass is 207 g/mol. The molecule has 0 amide bonds. The third kappa shape index (κ3) is 3.06. The van der Waals surface area contributed by atoms with Gasteiger partial charge in [-0.1, -0.05) is 30.3 Å². The Kier molecular flexibility index (Phi) is 3.48. The first-order valence-electron chi connectivity index (χ1n) is 4.97. The molecule has 1 atom stereocenters. The SMILES string of the molecule is C[C@H](N)C(=O)OC(C)(C)c1ccccc1. The molecule has 0 aliphatic heterocycles. The van der Waals surface area contributed by atoms with Crippen molar-refractivity contribution < 1.29 is 9.53 Å². The predicted molar refractivity (Wildman–Crippen MR) is 59.2 cm³/mol. The Morgan fingerprint density at radius 1 is 1.33 bits per heavy atom. The van der Waals surface area contributed by atoms with Crippen LogP contribution < -0.4 is 5.73 Å². The highest BCUT2D eigenvalue weighted by molar-refractivity contribution is 5.75. The lowest BCUT2D eigenvalue weighted by Gasteiger charge is -2.26. The number of hydrogen-bond donors (Lipinski definition) is 1. The normalized spacial score (nSPS) is 13.3. The number of benzene rings is 1. The Morgan fingerprint density at radius 3 is 2.33 bits per heavy atom. The van der Waals surface area contributed by atoms with E-state index in [1.807, 2.05) is 44.2 Å². The van der Waals surface area contributed by atoms with Crippen LogP contribution in [0, 0.1) is 0 Å². The smallest absolute Gasteiger partial charge is 0.323 e. The molecule has 2 N–H and O–H groups in total. The van der Waals surface area contributed by atoms with Gasteiger partial charge in [0, 0.05) is 0 Å². The van der Waals surface area contributed by atoms with Gasteiger partial charge < -0.3 is 10.5 Å². The number of ether oxygens (including phenoxy) is 1. The van der Waals surface area contributed by atoms with Crippen molar-refractivity contribution in [2.75, 3.05) is 0 Å². The van der Waals surface area contributed by atoms with E-state index in [9.17, 15) is 4.79 Å². The van der Waals surface area contributed by atoms with E-state index < -0.39 is 11.6 Å². The van der Waals surface area contributed by atoms with Gasteiger partial charge in [-0.25, -0.2) is 0 Å². The van der Waals surface area contributed by atoms with Gasteiger partial charge in [0.15, 0.2) is 0 Å². The quantitative estimate of drug-likeness (QED) is 0.769. The molecule has 0 fully saturated rings. The Hall–Kier alpha value is -1.35. The molecule has 0 heterocycles. The van der Waals surface area contributed by atoms with Gasteiger partial charge in [-0.15, -0.1) is 0 Å². The molecule has 0 bridgehead atoms. The summed E-state index contributed by atoms with van der Waals surface area (Å²) in [4.78, 5) is 11.4. The number of carbonyl (C=O) groups is 1. The highest BCUT2D eigenvalue weighted by Gasteiger charge is 2.26. The Labute approximate surface area is 90.2 Å². The summed E-state index contributed by atoms with van der Waals surface area (Å²) < 4.78 is 5.32. The number of nitrogens with two attached hydrogens (primary N) is 1. The number of carbonyl (C=O) groups excluding carboxylic acids is 1. The van der Waals surface area contributed by atoms with Crippen LogP contribution in [0.25, 0.3) is 0 Å². The van der Waals surface area contributed by atoms with E-state index >= 15 is 0 Å². The summed E-state index contributed by atoms with van der Waals surface area (Å²) in [6, 6.07) is 9.01. The van der Waals surface area contributed by atoms with E-state index in [1.165, 1.54) is 0 Å². The molecule has 0 radical (unpaired) electrons. The van der Waals surface area contributed by atoms with Crippen LogP contribution in [-0.4, -0.2) is 12.0 Å². The fourth-order valence-electron chi connectivity index (χ4n) is 1.24. The van der Waals surface area contributed by atoms with E-state index in [0.29, 0.717) is 0 Å². The maximum Gasteiger partial charge on any atom is 0.323 e. The van der Waals surface area contributed by atoms with Crippen LogP contribution in [0.3, 0.4) is 0 Å². The maximum absolute atomic E-state index is 11.4. The molecule has 0 saturated heterocycles. The minimum absolute atomic E-state index is 0.385. The van der Waals surface area contributed by atoms with E-state index in [2.05, 4.69) is 0 Å². The molecule has 15 heavy (non-hydrogen) atoms. The third-order valence-electron chi connectivity index (χ3n) is 2.20. The predicted octanol–water partition coefficient (Wildman–Crippen LogP) is 1.81. The lowest BCUT2D eigenvalue weighted by Crippen LogP contribution is -2.35. The first kappa shape index (κ1) is 11.7. The fourth-order valence-corrected chi connectivity index (χ4v) is 1.24. The van der Waals surface area contributed by atoms with Crippen LogP contribution in [0.1, 0.15) is 26.3 Å². The molecule has 0 aliphatic carbocycles. The van der Waals surface area contributed by atoms with Crippen molar-refractivity contribution >= 4 is 5.97 Å². The molecule has 0 spiro atoms. The number of hydrogen-bond acceptors (Lipinski definition) is 3. The molecule has 1 aromatic rings. The second-order valence-corrected chi connectivity index (χ2v) is 4.09. The second-order valence-electron chi connectivity index (χ2n) is 4.09. The van der Waals surface area contributed by atoms with Crippen LogP contribution in [-0.2, 0) is 15.1 Å². The Bertz CT molecular complexity index is 331. The Morgan fingerprint density at radius 2 is 1.87 bits per heavy atom. The summed E-state index contributed by atoms with van der Waals surface area (Å²) in [6.45, 7) is 5.31. The summed E-state index contributed by atoms with van der Waals surface area (Å²) in [5.74, 6) is -0.385. The van der Waals surface area contributed by atoms with Gasteiger partial charge in [-0.3, -0.25) is 4.79 Å². The zero-order chi connectivity index (χ0) is 11.5. The van der Waals surface area contributed by atoms with Gasteiger partial charge in [0.2, 0.25) is 0 Å². The van der Waals surface area contributed by atoms with Crippen LogP contribution in [0.15, 0.2) is 30.3 Å². The summed E-state index contributed by atoms with van der Waals surface area (Å²) in [5, 5.41) is 0. The maximum atomic E-state index is 11.4. The van der Waals surface area contributed by atoms with E-state index in [-0.39, 0.29) is 5.97 Å². The van der Waals surface area contributed by atoms with E-state index in [4.69, 9.17) is 10.5 Å². The van der Waals surface area contributed by atoms with E-state index in [1.54, 1.807) is 6.92 Å². The molecular formula is C12H17NO2. The largest absolute Gasteiger partial charge is 0.454 e. The van der Waals surface area contributed by atoms with Gasteiger partial charge in [-0.2, -0.15) is 0 Å². The minimum Gasteiger partial charge on any atom is -0.454 e. The zero-order valence-electron chi connectivity index (χ0n) is 9.36. The standard InChI is InChI=1S/C12H17NO2/c1-9(13)11(14)15-12(2,3)10-7-5-4-6-8-10/h4-9H,13H2,1-3H3/t9-/m0/s1. The van der Waals surface area contributed by atoms with Gasteiger partial charge in [0.25, 0.3) is 0 Å². The van der Waals surface area contributed by atoms with Crippen molar-refractivity contribution in [2.45, 2.75) is 32.4 Å². The molecule has 0 aliphatic rings. The first-order chi connectivity index (χ1) is 6.93. The van der Waals surface area contributed by atoms with Crippen molar-refractivity contribution in [3.05, 3.63) is 35.9 Å². The summed E-state index contributed by atoms with van der Waals surface area (Å²) in [6.07, 6.45) is 0. The molecule has 1 rings (SSSR count). The van der Waals surface area contributed by atoms with Crippen molar-refractivity contribution in [2.24, 2.45) is 5.73 Å². The van der Waals surface area contributed by atoms with Gasteiger partial charge in [-0.05, 0) is 26.3 Å². The van der Waals surface area contributed by atoms with Crippen molar-refractivity contribution in [1.82, 2.24) is 0 Å². The molecule has 0 unspecified atom stereocenters. The van der Waals surface area contributed by atoms with Gasteiger partial charge >= 0.3 is 5.97 Å². The third-order valence-corrected chi connectivity index (χ3v) is 2.20. The van der Waals surface area contributed by atoms with Crippen molar-refractivity contribution in [3.8, 4) is 0 Å². The molecule has 3 heteroatoms. The highest BCUT2D eigenvalue weighted by atomic mass is 16.6. The molecule has 0 aromatic heterocycles. The lowest BCUT2D eigenvalue weighted by atomic mass is 9.98. The van der Waals surface area contributed by atoms with Crippen LogP contribution >= 0.6 is 0 Å². The first-order valence-corrected chi connectivity index (χ1v) is 4.97. The highest BCUT2D eigenvalue weighted by Crippen LogP contribution is 2.24. The second kappa shape index (κ2) is 4.45. The Balaban J connectivity index is 2.80. The minimum atomic E-state index is -0.633. The fraction of sp³-hybridized carbons (Fsp3) is 0.417. The van der Waals surface area contributed by atoms with Crippen LogP contribution in [0.4, 0.5) is 0 Å². The topological polar surface area (TPSA) is 52.3 Å². The molecular weight excluding hydrogens is 190 g/mol. The van der Waals surface area contributed by atoms with E-state index in [0.717, 1.165) is 5.56 Å².